The first-order chi connectivity index (χ1) is 16.5. The summed E-state index contributed by atoms with van der Waals surface area (Å²) in [6, 6.07) is 6.93. The van der Waals surface area contributed by atoms with E-state index in [1.54, 1.807) is 59.5 Å². The molecular formula is C22H22ClN7O4. The Kier molecular flexibility index (Phi) is 6.16. The van der Waals surface area contributed by atoms with Crippen LogP contribution in [0.25, 0.3) is 16.9 Å². The molecule has 1 aliphatic rings. The number of nitrogens with one attached hydrogen (secondary N) is 1. The van der Waals surface area contributed by atoms with E-state index in [1.165, 1.54) is 10.7 Å². The van der Waals surface area contributed by atoms with Crippen LogP contribution >= 0.6 is 11.6 Å². The third kappa shape index (κ3) is 4.33. The van der Waals surface area contributed by atoms with Crippen LogP contribution in [0.15, 0.2) is 49.1 Å². The summed E-state index contributed by atoms with van der Waals surface area (Å²) >= 11 is 6.25. The number of anilines is 1. The highest BCUT2D eigenvalue weighted by Crippen LogP contribution is 2.36. The molecule has 0 aliphatic carbocycles. The third-order valence-electron chi connectivity index (χ3n) is 5.52. The van der Waals surface area contributed by atoms with Gasteiger partial charge in [-0.15, -0.1) is 0 Å². The Morgan fingerprint density at radius 1 is 1.38 bits per heavy atom. The number of halogens is 1. The number of benzene rings is 1. The fraction of sp³-hybridized carbons (Fsp3) is 0.273. The normalized spacial score (nSPS) is 16.3. The van der Waals surface area contributed by atoms with Crippen LogP contribution in [-0.2, 0) is 11.3 Å². The molecule has 2 N–H and O–H groups in total. The molecule has 1 fully saturated rings. The molecule has 0 bridgehead atoms. The SMILES string of the molecule is COc1ccc(Cl)cc1-c1nn(CCN2CCOC2O)cc1NC(=O)c1cnn2cccnc12. The molecule has 1 saturated heterocycles. The first-order valence-electron chi connectivity index (χ1n) is 10.6. The first-order valence-corrected chi connectivity index (χ1v) is 11.0. The topological polar surface area (TPSA) is 119 Å². The van der Waals surface area contributed by atoms with Crippen LogP contribution in [0.5, 0.6) is 5.75 Å². The molecule has 5 rings (SSSR count). The molecule has 4 aromatic rings. The van der Waals surface area contributed by atoms with Gasteiger partial charge in [0.1, 0.15) is 17.0 Å². The van der Waals surface area contributed by atoms with E-state index in [2.05, 4.69) is 15.4 Å². The quantitative estimate of drug-likeness (QED) is 0.410. The summed E-state index contributed by atoms with van der Waals surface area (Å²) in [5.41, 5.74) is 2.37. The number of fused-ring (bicyclic) bond motifs is 1. The Labute approximate surface area is 199 Å². The lowest BCUT2D eigenvalue weighted by atomic mass is 10.1. The number of carbonyl (C=O) groups excluding carboxylic acids is 1. The van der Waals surface area contributed by atoms with Gasteiger partial charge in [0.2, 0.25) is 6.41 Å². The summed E-state index contributed by atoms with van der Waals surface area (Å²) in [5.74, 6) is 0.185. The molecule has 3 aromatic heterocycles. The van der Waals surface area contributed by atoms with E-state index in [9.17, 15) is 9.90 Å². The fourth-order valence-corrected chi connectivity index (χ4v) is 3.99. The molecule has 0 saturated carbocycles. The molecule has 12 heteroatoms. The average Bonchev–Trinajstić information content (AvgIpc) is 3.56. The van der Waals surface area contributed by atoms with E-state index in [0.717, 1.165) is 0 Å². The monoisotopic (exact) mass is 483 g/mol. The predicted molar refractivity (Wildman–Crippen MR) is 124 cm³/mol. The van der Waals surface area contributed by atoms with Crippen LogP contribution in [0.4, 0.5) is 5.69 Å². The summed E-state index contributed by atoms with van der Waals surface area (Å²) in [7, 11) is 1.56. The molecule has 11 nitrogen and oxygen atoms in total. The van der Waals surface area contributed by atoms with Gasteiger partial charge in [0.25, 0.3) is 5.91 Å². The Balaban J connectivity index is 1.48. The number of aliphatic hydroxyl groups excluding tert-OH is 1. The molecule has 1 atom stereocenters. The van der Waals surface area contributed by atoms with Gasteiger partial charge in [0.15, 0.2) is 5.65 Å². The zero-order valence-electron chi connectivity index (χ0n) is 18.3. The standard InChI is InChI=1S/C22H22ClN7O4/c1-33-18-4-3-14(23)11-15(18)19-17(13-29(27-19)8-7-28-9-10-34-22(28)32)26-21(31)16-12-25-30-6-2-5-24-20(16)30/h2-6,11-13,22,32H,7-10H2,1H3,(H,26,31). The smallest absolute Gasteiger partial charge is 0.261 e. The van der Waals surface area contributed by atoms with Gasteiger partial charge in [-0.1, -0.05) is 11.6 Å². The van der Waals surface area contributed by atoms with E-state index in [0.29, 0.717) is 65.2 Å². The molecule has 34 heavy (non-hydrogen) atoms. The van der Waals surface area contributed by atoms with Crippen molar-refractivity contribution in [1.29, 1.82) is 0 Å². The minimum Gasteiger partial charge on any atom is -0.496 e. The average molecular weight is 484 g/mol. The van der Waals surface area contributed by atoms with Gasteiger partial charge in [-0.3, -0.25) is 14.4 Å². The number of hydrogen-bond donors (Lipinski definition) is 2. The summed E-state index contributed by atoms with van der Waals surface area (Å²) in [6.45, 7) is 2.08. The van der Waals surface area contributed by atoms with Crippen LogP contribution in [0, 0.1) is 0 Å². The van der Waals surface area contributed by atoms with Crippen molar-refractivity contribution >= 4 is 28.8 Å². The number of rotatable bonds is 7. The van der Waals surface area contributed by atoms with Crippen molar-refractivity contribution in [3.05, 3.63) is 59.6 Å². The van der Waals surface area contributed by atoms with Crippen LogP contribution < -0.4 is 10.1 Å². The molecule has 0 radical (unpaired) electrons. The van der Waals surface area contributed by atoms with Crippen LogP contribution in [0.2, 0.25) is 5.02 Å². The molecule has 1 aromatic carbocycles. The van der Waals surface area contributed by atoms with Crippen LogP contribution in [0.3, 0.4) is 0 Å². The van der Waals surface area contributed by atoms with Crippen molar-refractivity contribution in [3.63, 3.8) is 0 Å². The predicted octanol–water partition coefficient (Wildman–Crippen LogP) is 2.12. The summed E-state index contributed by atoms with van der Waals surface area (Å²) < 4.78 is 13.9. The van der Waals surface area contributed by atoms with E-state index in [-0.39, 0.29) is 5.91 Å². The molecular weight excluding hydrogens is 462 g/mol. The summed E-state index contributed by atoms with van der Waals surface area (Å²) in [5, 5.41) is 22.2. The fourth-order valence-electron chi connectivity index (χ4n) is 3.81. The third-order valence-corrected chi connectivity index (χ3v) is 5.76. The van der Waals surface area contributed by atoms with Gasteiger partial charge in [-0.25, -0.2) is 9.50 Å². The highest BCUT2D eigenvalue weighted by molar-refractivity contribution is 6.31. The number of aromatic nitrogens is 5. The Morgan fingerprint density at radius 2 is 2.26 bits per heavy atom. The maximum atomic E-state index is 13.2. The van der Waals surface area contributed by atoms with E-state index in [4.69, 9.17) is 26.2 Å². The van der Waals surface area contributed by atoms with Crippen LogP contribution in [0.1, 0.15) is 10.4 Å². The zero-order chi connectivity index (χ0) is 23.7. The van der Waals surface area contributed by atoms with Gasteiger partial charge in [0.05, 0.1) is 32.1 Å². The molecule has 176 valence electrons. The van der Waals surface area contributed by atoms with E-state index < -0.39 is 6.41 Å². The van der Waals surface area contributed by atoms with Crippen molar-refractivity contribution in [2.75, 3.05) is 32.1 Å². The van der Waals surface area contributed by atoms with Crippen molar-refractivity contribution in [2.24, 2.45) is 0 Å². The minimum absolute atomic E-state index is 0.328. The van der Waals surface area contributed by atoms with E-state index >= 15 is 0 Å². The number of ether oxygens (including phenoxy) is 2. The van der Waals surface area contributed by atoms with Gasteiger partial charge in [-0.05, 0) is 24.3 Å². The lowest BCUT2D eigenvalue weighted by Gasteiger charge is -2.17. The van der Waals surface area contributed by atoms with Crippen molar-refractivity contribution in [2.45, 2.75) is 13.0 Å². The molecule has 4 heterocycles. The summed E-state index contributed by atoms with van der Waals surface area (Å²) in [4.78, 5) is 19.2. The lowest BCUT2D eigenvalue weighted by molar-refractivity contribution is -0.133. The van der Waals surface area contributed by atoms with Gasteiger partial charge >= 0.3 is 0 Å². The Hall–Kier alpha value is -3.51. The van der Waals surface area contributed by atoms with Gasteiger partial charge in [0, 0.05) is 42.3 Å². The highest BCUT2D eigenvalue weighted by atomic mass is 35.5. The Morgan fingerprint density at radius 3 is 3.06 bits per heavy atom. The number of hydrogen-bond acceptors (Lipinski definition) is 8. The maximum Gasteiger partial charge on any atom is 0.261 e. The second-order valence-electron chi connectivity index (χ2n) is 7.63. The molecule has 1 unspecified atom stereocenters. The van der Waals surface area contributed by atoms with Crippen molar-refractivity contribution in [1.82, 2.24) is 29.3 Å². The lowest BCUT2D eigenvalue weighted by Crippen LogP contribution is -2.32. The molecule has 0 spiro atoms. The van der Waals surface area contributed by atoms with Crippen LogP contribution in [-0.4, -0.2) is 73.5 Å². The zero-order valence-corrected chi connectivity index (χ0v) is 19.0. The van der Waals surface area contributed by atoms with Gasteiger partial charge in [-0.2, -0.15) is 10.2 Å². The number of nitrogens with zero attached hydrogens (tertiary/aromatic N) is 6. The van der Waals surface area contributed by atoms with Crippen molar-refractivity contribution < 1.29 is 19.4 Å². The van der Waals surface area contributed by atoms with Gasteiger partial charge < -0.3 is 19.9 Å². The summed E-state index contributed by atoms with van der Waals surface area (Å²) in [6.07, 6.45) is 5.60. The number of carbonyl (C=O) groups is 1. The van der Waals surface area contributed by atoms with E-state index in [1.807, 2.05) is 0 Å². The minimum atomic E-state index is -0.926. The number of methoxy groups -OCH3 is 1. The van der Waals surface area contributed by atoms with Crippen molar-refractivity contribution in [3.8, 4) is 17.0 Å². The Bertz CT molecular complexity index is 1340. The second kappa shape index (κ2) is 9.39. The highest BCUT2D eigenvalue weighted by Gasteiger charge is 2.24. The second-order valence-corrected chi connectivity index (χ2v) is 8.07. The number of amides is 1. The number of aliphatic hydroxyl groups is 1. The largest absolute Gasteiger partial charge is 0.496 e. The first kappa shape index (κ1) is 22.3. The molecule has 1 aliphatic heterocycles. The molecule has 1 amide bonds. The maximum absolute atomic E-state index is 13.2.